The Morgan fingerprint density at radius 2 is 2.00 bits per heavy atom. The summed E-state index contributed by atoms with van der Waals surface area (Å²) in [7, 11) is 0. The van der Waals surface area contributed by atoms with Crippen molar-refractivity contribution < 1.29 is 9.18 Å². The fourth-order valence-corrected chi connectivity index (χ4v) is 3.14. The van der Waals surface area contributed by atoms with Crippen LogP contribution in [0.4, 0.5) is 4.39 Å². The van der Waals surface area contributed by atoms with Crippen LogP contribution in [-0.2, 0) is 0 Å². The summed E-state index contributed by atoms with van der Waals surface area (Å²) >= 11 is 1.54. The zero-order valence-corrected chi connectivity index (χ0v) is 14.1. The molecule has 0 aliphatic heterocycles. The first-order chi connectivity index (χ1) is 11.6. The van der Waals surface area contributed by atoms with Gasteiger partial charge in [-0.05, 0) is 55.6 Å². The normalized spacial score (nSPS) is 11.1. The molecule has 6 heteroatoms. The summed E-state index contributed by atoms with van der Waals surface area (Å²) in [6.45, 7) is 3.76. The summed E-state index contributed by atoms with van der Waals surface area (Å²) in [5, 5.41) is 5.93. The minimum Gasteiger partial charge on any atom is -0.318 e. The number of hydrogen-bond acceptors (Lipinski definition) is 3. The molecule has 2 aromatic heterocycles. The summed E-state index contributed by atoms with van der Waals surface area (Å²) < 4.78 is 15.0. The third-order valence-electron chi connectivity index (χ3n) is 3.66. The molecule has 0 atom stereocenters. The van der Waals surface area contributed by atoms with Gasteiger partial charge in [0.15, 0.2) is 0 Å². The van der Waals surface area contributed by atoms with Crippen molar-refractivity contribution in [3.8, 4) is 5.69 Å². The van der Waals surface area contributed by atoms with Gasteiger partial charge in [-0.1, -0.05) is 6.07 Å². The van der Waals surface area contributed by atoms with Crippen LogP contribution < -0.4 is 5.43 Å². The number of hydrazone groups is 1. The summed E-state index contributed by atoms with van der Waals surface area (Å²) in [6, 6.07) is 11.8. The van der Waals surface area contributed by atoms with Crippen LogP contribution in [0.25, 0.3) is 5.69 Å². The van der Waals surface area contributed by atoms with E-state index in [1.165, 1.54) is 12.1 Å². The highest BCUT2D eigenvalue weighted by molar-refractivity contribution is 7.11. The van der Waals surface area contributed by atoms with E-state index in [2.05, 4.69) is 10.5 Å². The molecule has 2 heterocycles. The number of nitrogens with one attached hydrogen (secondary N) is 1. The molecule has 0 fully saturated rings. The van der Waals surface area contributed by atoms with Crippen LogP contribution >= 0.6 is 11.3 Å². The number of aromatic nitrogens is 1. The lowest BCUT2D eigenvalue weighted by atomic mass is 10.2. The van der Waals surface area contributed by atoms with Crippen molar-refractivity contribution in [2.45, 2.75) is 13.8 Å². The minimum absolute atomic E-state index is 0.274. The monoisotopic (exact) mass is 341 g/mol. The van der Waals surface area contributed by atoms with Crippen molar-refractivity contribution >= 4 is 23.5 Å². The maximum atomic E-state index is 13.1. The Kier molecular flexibility index (Phi) is 4.57. The highest BCUT2D eigenvalue weighted by atomic mass is 32.1. The van der Waals surface area contributed by atoms with E-state index in [4.69, 9.17) is 0 Å². The molecule has 1 amide bonds. The number of carbonyl (C=O) groups is 1. The summed E-state index contributed by atoms with van der Waals surface area (Å²) in [5.41, 5.74) is 5.57. The predicted octanol–water partition coefficient (Wildman–Crippen LogP) is 4.06. The van der Waals surface area contributed by atoms with Crippen molar-refractivity contribution in [2.75, 3.05) is 0 Å². The zero-order valence-electron chi connectivity index (χ0n) is 13.3. The number of nitrogens with zero attached hydrogens (tertiary/aromatic N) is 2. The van der Waals surface area contributed by atoms with Crippen molar-refractivity contribution in [3.63, 3.8) is 0 Å². The van der Waals surface area contributed by atoms with Crippen LogP contribution in [0, 0.1) is 19.7 Å². The molecule has 3 rings (SSSR count). The topological polar surface area (TPSA) is 46.4 Å². The lowest BCUT2D eigenvalue weighted by Crippen LogP contribution is -2.18. The molecule has 0 saturated carbocycles. The molecule has 0 unspecified atom stereocenters. The van der Waals surface area contributed by atoms with Gasteiger partial charge in [0.25, 0.3) is 5.91 Å². The van der Waals surface area contributed by atoms with E-state index in [0.29, 0.717) is 5.56 Å². The van der Waals surface area contributed by atoms with E-state index >= 15 is 0 Å². The van der Waals surface area contributed by atoms with Gasteiger partial charge in [-0.3, -0.25) is 4.79 Å². The Balaban J connectivity index is 1.83. The van der Waals surface area contributed by atoms with Crippen LogP contribution in [0.1, 0.15) is 26.6 Å². The van der Waals surface area contributed by atoms with Crippen molar-refractivity contribution in [1.29, 1.82) is 0 Å². The molecule has 1 N–H and O–H groups in total. The molecule has 1 aromatic carbocycles. The highest BCUT2D eigenvalue weighted by Gasteiger charge is 2.16. The van der Waals surface area contributed by atoms with Gasteiger partial charge >= 0.3 is 0 Å². The fourth-order valence-electron chi connectivity index (χ4n) is 2.56. The second-order valence-electron chi connectivity index (χ2n) is 5.31. The van der Waals surface area contributed by atoms with Gasteiger partial charge in [-0.25, -0.2) is 9.82 Å². The van der Waals surface area contributed by atoms with Crippen molar-refractivity contribution in [2.24, 2.45) is 5.10 Å². The van der Waals surface area contributed by atoms with Gasteiger partial charge in [-0.15, -0.1) is 11.3 Å². The lowest BCUT2D eigenvalue weighted by Gasteiger charge is -2.09. The largest absolute Gasteiger partial charge is 0.318 e. The number of rotatable bonds is 4. The molecule has 0 saturated heterocycles. The second-order valence-corrected chi connectivity index (χ2v) is 6.29. The fraction of sp³-hybridized carbons (Fsp3) is 0.111. The Morgan fingerprint density at radius 3 is 2.67 bits per heavy atom. The van der Waals surface area contributed by atoms with E-state index in [9.17, 15) is 9.18 Å². The third-order valence-corrected chi connectivity index (χ3v) is 4.47. The first-order valence-electron chi connectivity index (χ1n) is 7.38. The van der Waals surface area contributed by atoms with E-state index in [1.54, 1.807) is 35.8 Å². The molecule has 0 radical (unpaired) electrons. The first-order valence-corrected chi connectivity index (χ1v) is 8.26. The molecule has 0 bridgehead atoms. The SMILES string of the molecule is Cc1cc(C(=O)NN=Cc2cccs2)c(C)n1-c1ccc(F)cc1. The maximum absolute atomic E-state index is 13.1. The molecule has 0 aliphatic rings. The van der Waals surface area contributed by atoms with Crippen LogP contribution in [-0.4, -0.2) is 16.7 Å². The molecule has 122 valence electrons. The van der Waals surface area contributed by atoms with Gasteiger partial charge in [0.1, 0.15) is 5.82 Å². The average Bonchev–Trinajstić information content (AvgIpc) is 3.17. The van der Waals surface area contributed by atoms with E-state index in [-0.39, 0.29) is 11.7 Å². The molecular formula is C18H16FN3OS. The molecular weight excluding hydrogens is 325 g/mol. The number of aryl methyl sites for hydroxylation is 1. The first kappa shape index (κ1) is 16.1. The Morgan fingerprint density at radius 1 is 1.25 bits per heavy atom. The van der Waals surface area contributed by atoms with Crippen LogP contribution in [0.2, 0.25) is 0 Å². The van der Waals surface area contributed by atoms with Crippen molar-refractivity contribution in [1.82, 2.24) is 9.99 Å². The van der Waals surface area contributed by atoms with Crippen LogP contribution in [0.5, 0.6) is 0 Å². The standard InChI is InChI=1S/C18H16FN3OS/c1-12-10-17(18(23)21-20-11-16-4-3-9-24-16)13(2)22(12)15-7-5-14(19)6-8-15/h3-11H,1-2H3,(H,21,23). The van der Waals surface area contributed by atoms with Crippen LogP contribution in [0.3, 0.4) is 0 Å². The van der Waals surface area contributed by atoms with E-state index in [0.717, 1.165) is 22.0 Å². The second kappa shape index (κ2) is 6.80. The Labute approximate surface area is 143 Å². The van der Waals surface area contributed by atoms with Gasteiger partial charge in [-0.2, -0.15) is 5.10 Å². The van der Waals surface area contributed by atoms with E-state index < -0.39 is 0 Å². The molecule has 0 aliphatic carbocycles. The molecule has 4 nitrogen and oxygen atoms in total. The third kappa shape index (κ3) is 3.28. The van der Waals surface area contributed by atoms with Gasteiger partial charge in [0, 0.05) is 22.0 Å². The molecule has 24 heavy (non-hydrogen) atoms. The minimum atomic E-state index is -0.290. The molecule has 3 aromatic rings. The van der Waals surface area contributed by atoms with Gasteiger partial charge in [0.05, 0.1) is 11.8 Å². The number of thiophene rings is 1. The van der Waals surface area contributed by atoms with Gasteiger partial charge in [0.2, 0.25) is 0 Å². The molecule has 0 spiro atoms. The lowest BCUT2D eigenvalue weighted by molar-refractivity contribution is 0.0954. The number of carbonyl (C=O) groups excluding carboxylic acids is 1. The zero-order chi connectivity index (χ0) is 17.1. The number of halogens is 1. The quantitative estimate of drug-likeness (QED) is 0.564. The number of benzene rings is 1. The Bertz CT molecular complexity index is 880. The van der Waals surface area contributed by atoms with Crippen LogP contribution in [0.15, 0.2) is 52.9 Å². The highest BCUT2D eigenvalue weighted by Crippen LogP contribution is 2.21. The average molecular weight is 341 g/mol. The maximum Gasteiger partial charge on any atom is 0.273 e. The van der Waals surface area contributed by atoms with Gasteiger partial charge < -0.3 is 4.57 Å². The summed E-state index contributed by atoms with van der Waals surface area (Å²) in [4.78, 5) is 13.3. The number of hydrogen-bond donors (Lipinski definition) is 1. The smallest absolute Gasteiger partial charge is 0.273 e. The van der Waals surface area contributed by atoms with E-state index in [1.807, 2.05) is 35.9 Å². The predicted molar refractivity (Wildman–Crippen MR) is 94.6 cm³/mol. The Hall–Kier alpha value is -2.73. The summed E-state index contributed by atoms with van der Waals surface area (Å²) in [5.74, 6) is -0.564. The summed E-state index contributed by atoms with van der Waals surface area (Å²) in [6.07, 6.45) is 1.61. The van der Waals surface area contributed by atoms with Crippen molar-refractivity contribution in [3.05, 3.63) is 75.5 Å². The number of amides is 1.